The predicted molar refractivity (Wildman–Crippen MR) is 123 cm³/mol. The molecule has 0 fully saturated rings. The highest BCUT2D eigenvalue weighted by atomic mass is 16.1. The lowest BCUT2D eigenvalue weighted by molar-refractivity contribution is 0.0942. The Hall–Kier alpha value is -3.70. The molecule has 4 aromatic rings. The first-order chi connectivity index (χ1) is 15.0. The van der Waals surface area contributed by atoms with E-state index < -0.39 is 11.9 Å². The minimum Gasteiger partial charge on any atom is -0.366 e. The second kappa shape index (κ2) is 8.98. The van der Waals surface area contributed by atoms with Crippen LogP contribution in [0.3, 0.4) is 0 Å². The average molecular weight is 412 g/mol. The lowest BCUT2D eigenvalue weighted by atomic mass is 9.95. The number of nitrogens with two attached hydrogens (primary N) is 1. The standard InChI is InChI=1S/C26H25N3O2/c1-17(18-11-13-20(14-12-18)26(27)31)15-29-24(19-7-3-2-4-8-19)25(30)22-16-28-23-10-6-5-9-21(22)23/h2-14,16-17,24,28-29H,15H2,1H3,(H2,27,31)/t17-,24?/m1/s1. The molecule has 31 heavy (non-hydrogen) atoms. The fourth-order valence-electron chi connectivity index (χ4n) is 3.83. The van der Waals surface area contributed by atoms with Gasteiger partial charge in [-0.25, -0.2) is 0 Å². The van der Waals surface area contributed by atoms with E-state index in [9.17, 15) is 9.59 Å². The van der Waals surface area contributed by atoms with Gasteiger partial charge in [0.1, 0.15) is 0 Å². The molecule has 5 nitrogen and oxygen atoms in total. The van der Waals surface area contributed by atoms with Crippen LogP contribution >= 0.6 is 0 Å². The summed E-state index contributed by atoms with van der Waals surface area (Å²) in [6.07, 6.45) is 1.79. The van der Waals surface area contributed by atoms with Crippen LogP contribution in [-0.2, 0) is 0 Å². The summed E-state index contributed by atoms with van der Waals surface area (Å²) in [6.45, 7) is 2.69. The molecule has 0 aliphatic heterocycles. The molecule has 0 radical (unpaired) electrons. The molecule has 2 atom stereocenters. The normalized spacial score (nSPS) is 13.1. The third-order valence-corrected chi connectivity index (χ3v) is 5.64. The van der Waals surface area contributed by atoms with Crippen molar-refractivity contribution < 1.29 is 9.59 Å². The van der Waals surface area contributed by atoms with Crippen LogP contribution in [-0.4, -0.2) is 23.2 Å². The highest BCUT2D eigenvalue weighted by Crippen LogP contribution is 2.25. The zero-order valence-corrected chi connectivity index (χ0v) is 17.3. The minimum atomic E-state index is -0.465. The van der Waals surface area contributed by atoms with Crippen molar-refractivity contribution in [2.24, 2.45) is 5.73 Å². The molecule has 0 aliphatic carbocycles. The summed E-state index contributed by atoms with van der Waals surface area (Å²) in [7, 11) is 0. The van der Waals surface area contributed by atoms with Gasteiger partial charge in [-0.05, 0) is 35.2 Å². The summed E-state index contributed by atoms with van der Waals surface area (Å²) in [5.74, 6) is -0.269. The van der Waals surface area contributed by atoms with E-state index in [1.54, 1.807) is 18.3 Å². The molecule has 3 aromatic carbocycles. The van der Waals surface area contributed by atoms with Crippen molar-refractivity contribution >= 4 is 22.6 Å². The van der Waals surface area contributed by atoms with E-state index in [-0.39, 0.29) is 11.7 Å². The number of nitrogens with one attached hydrogen (secondary N) is 2. The van der Waals surface area contributed by atoms with Gasteiger partial charge in [-0.1, -0.05) is 67.6 Å². The molecule has 1 amide bonds. The van der Waals surface area contributed by atoms with Crippen LogP contribution in [0.4, 0.5) is 0 Å². The second-order valence-corrected chi connectivity index (χ2v) is 7.75. The average Bonchev–Trinajstić information content (AvgIpc) is 3.24. The molecule has 156 valence electrons. The van der Waals surface area contributed by atoms with Gasteiger partial charge >= 0.3 is 0 Å². The number of carbonyl (C=O) groups is 2. The van der Waals surface area contributed by atoms with E-state index in [4.69, 9.17) is 5.73 Å². The number of amides is 1. The van der Waals surface area contributed by atoms with E-state index in [1.165, 1.54) is 0 Å². The van der Waals surface area contributed by atoms with Crippen molar-refractivity contribution in [1.29, 1.82) is 0 Å². The van der Waals surface area contributed by atoms with Gasteiger partial charge in [0.25, 0.3) is 0 Å². The Morgan fingerprint density at radius 3 is 2.29 bits per heavy atom. The van der Waals surface area contributed by atoms with Gasteiger partial charge in [-0.15, -0.1) is 0 Å². The Morgan fingerprint density at radius 1 is 0.903 bits per heavy atom. The molecular weight excluding hydrogens is 386 g/mol. The fourth-order valence-corrected chi connectivity index (χ4v) is 3.83. The number of benzene rings is 3. The molecule has 1 heterocycles. The Kier molecular flexibility index (Phi) is 5.96. The SMILES string of the molecule is C[C@H](CNC(C(=O)c1c[nH]c2ccccc12)c1ccccc1)c1ccc(C(N)=O)cc1. The maximum absolute atomic E-state index is 13.6. The van der Waals surface area contributed by atoms with Gasteiger partial charge in [0.2, 0.25) is 5.91 Å². The summed E-state index contributed by atoms with van der Waals surface area (Å²) in [5, 5.41) is 4.39. The van der Waals surface area contributed by atoms with Crippen LogP contribution in [0, 0.1) is 0 Å². The lowest BCUT2D eigenvalue weighted by Crippen LogP contribution is -2.31. The fraction of sp³-hybridized carbons (Fsp3) is 0.154. The topological polar surface area (TPSA) is 88.0 Å². The maximum Gasteiger partial charge on any atom is 0.248 e. The zero-order valence-electron chi connectivity index (χ0n) is 17.3. The Balaban J connectivity index is 1.57. The number of para-hydroxylation sites is 1. The summed E-state index contributed by atoms with van der Waals surface area (Å²) in [6, 6.07) is 24.4. The molecule has 4 N–H and O–H groups in total. The first kappa shape index (κ1) is 20.6. The largest absolute Gasteiger partial charge is 0.366 e. The van der Waals surface area contributed by atoms with Crippen LogP contribution < -0.4 is 11.1 Å². The number of hydrogen-bond acceptors (Lipinski definition) is 3. The molecule has 0 saturated heterocycles. The van der Waals surface area contributed by atoms with E-state index in [2.05, 4.69) is 17.2 Å². The Labute approximate surface area is 181 Å². The number of hydrogen-bond donors (Lipinski definition) is 3. The molecule has 0 saturated carbocycles. The highest BCUT2D eigenvalue weighted by Gasteiger charge is 2.24. The third-order valence-electron chi connectivity index (χ3n) is 5.64. The van der Waals surface area contributed by atoms with Crippen LogP contribution in [0.2, 0.25) is 0 Å². The number of rotatable bonds is 8. The first-order valence-corrected chi connectivity index (χ1v) is 10.3. The number of carbonyl (C=O) groups excluding carboxylic acids is 2. The zero-order chi connectivity index (χ0) is 21.8. The van der Waals surface area contributed by atoms with E-state index in [0.29, 0.717) is 17.7 Å². The number of aromatic amines is 1. The summed E-state index contributed by atoms with van der Waals surface area (Å²) in [5.41, 5.74) is 9.44. The summed E-state index contributed by atoms with van der Waals surface area (Å²) in [4.78, 5) is 28.1. The number of Topliss-reactive ketones (excluding diaryl/α,β-unsaturated/α-hetero) is 1. The van der Waals surface area contributed by atoms with Crippen molar-refractivity contribution in [3.8, 4) is 0 Å². The van der Waals surface area contributed by atoms with Crippen LogP contribution in [0.1, 0.15) is 50.7 Å². The van der Waals surface area contributed by atoms with Crippen molar-refractivity contribution in [3.05, 3.63) is 107 Å². The summed E-state index contributed by atoms with van der Waals surface area (Å²) < 4.78 is 0. The van der Waals surface area contributed by atoms with Gasteiger partial charge in [0.15, 0.2) is 5.78 Å². The number of H-pyrrole nitrogens is 1. The molecule has 0 bridgehead atoms. The summed E-state index contributed by atoms with van der Waals surface area (Å²) >= 11 is 0. The quantitative estimate of drug-likeness (QED) is 0.371. The monoisotopic (exact) mass is 411 g/mol. The van der Waals surface area contributed by atoms with Crippen molar-refractivity contribution in [3.63, 3.8) is 0 Å². The molecular formula is C26H25N3O2. The van der Waals surface area contributed by atoms with E-state index in [1.807, 2.05) is 66.7 Å². The molecule has 5 heteroatoms. The second-order valence-electron chi connectivity index (χ2n) is 7.75. The van der Waals surface area contributed by atoms with Crippen LogP contribution in [0.5, 0.6) is 0 Å². The van der Waals surface area contributed by atoms with Gasteiger partial charge < -0.3 is 16.0 Å². The maximum atomic E-state index is 13.6. The molecule has 0 spiro atoms. The number of aromatic nitrogens is 1. The van der Waals surface area contributed by atoms with Gasteiger partial charge in [-0.2, -0.15) is 0 Å². The third kappa shape index (κ3) is 4.42. The lowest BCUT2D eigenvalue weighted by Gasteiger charge is -2.21. The first-order valence-electron chi connectivity index (χ1n) is 10.3. The van der Waals surface area contributed by atoms with E-state index >= 15 is 0 Å². The Bertz CT molecular complexity index is 1200. The molecule has 0 aliphatic rings. The van der Waals surface area contributed by atoms with Gasteiger partial charge in [0, 0.05) is 34.8 Å². The van der Waals surface area contributed by atoms with E-state index in [0.717, 1.165) is 22.0 Å². The van der Waals surface area contributed by atoms with Crippen LogP contribution in [0.25, 0.3) is 10.9 Å². The number of ketones is 1. The number of primary amides is 1. The van der Waals surface area contributed by atoms with Gasteiger partial charge in [0.05, 0.1) is 6.04 Å². The highest BCUT2D eigenvalue weighted by molar-refractivity contribution is 6.10. The number of fused-ring (bicyclic) bond motifs is 1. The van der Waals surface area contributed by atoms with Crippen molar-refractivity contribution in [1.82, 2.24) is 10.3 Å². The smallest absolute Gasteiger partial charge is 0.248 e. The molecule has 1 unspecified atom stereocenters. The van der Waals surface area contributed by atoms with Crippen LogP contribution in [0.15, 0.2) is 85.1 Å². The van der Waals surface area contributed by atoms with Gasteiger partial charge in [-0.3, -0.25) is 9.59 Å². The van der Waals surface area contributed by atoms with Crippen molar-refractivity contribution in [2.45, 2.75) is 18.9 Å². The van der Waals surface area contributed by atoms with Crippen molar-refractivity contribution in [2.75, 3.05) is 6.54 Å². The minimum absolute atomic E-state index is 0.0277. The predicted octanol–water partition coefficient (Wildman–Crippen LogP) is 4.58. The molecule has 1 aromatic heterocycles. The Morgan fingerprint density at radius 2 is 1.58 bits per heavy atom. The molecule has 4 rings (SSSR count).